The summed E-state index contributed by atoms with van der Waals surface area (Å²) in [6, 6.07) is 9.29. The summed E-state index contributed by atoms with van der Waals surface area (Å²) in [7, 11) is 0. The summed E-state index contributed by atoms with van der Waals surface area (Å²) in [6.45, 7) is 0.544. The molecule has 0 aliphatic carbocycles. The molecule has 1 unspecified atom stereocenters. The molecular formula is C13H12N2O2. The minimum atomic E-state index is -0.110. The molecule has 2 aromatic rings. The Labute approximate surface area is 98.4 Å². The van der Waals surface area contributed by atoms with Gasteiger partial charge in [0.1, 0.15) is 5.76 Å². The number of fused-ring (bicyclic) bond motifs is 1. The molecule has 17 heavy (non-hydrogen) atoms. The van der Waals surface area contributed by atoms with Crippen LogP contribution >= 0.6 is 0 Å². The van der Waals surface area contributed by atoms with Crippen LogP contribution in [-0.4, -0.2) is 12.5 Å². The highest BCUT2D eigenvalue weighted by atomic mass is 16.3. The Kier molecular flexibility index (Phi) is 2.14. The van der Waals surface area contributed by atoms with E-state index in [0.717, 1.165) is 11.3 Å². The number of furan rings is 1. The number of rotatable bonds is 1. The lowest BCUT2D eigenvalue weighted by atomic mass is 9.88. The Morgan fingerprint density at radius 3 is 2.94 bits per heavy atom. The van der Waals surface area contributed by atoms with Crippen molar-refractivity contribution in [2.24, 2.45) is 0 Å². The molecule has 1 aromatic carbocycles. The number of carbonyl (C=O) groups excluding carboxylic acids is 1. The Balaban J connectivity index is 2.16. The van der Waals surface area contributed by atoms with E-state index < -0.39 is 0 Å². The Bertz CT molecular complexity index is 561. The third-order valence-corrected chi connectivity index (χ3v) is 3.08. The fraction of sp³-hybridized carbons (Fsp3) is 0.154. The topological polar surface area (TPSA) is 68.3 Å². The van der Waals surface area contributed by atoms with Crippen LogP contribution in [0.1, 0.15) is 27.6 Å². The SMILES string of the molecule is Nc1cccc2c1C(=O)NCC2c1ccco1. The maximum absolute atomic E-state index is 11.8. The second-order valence-electron chi connectivity index (χ2n) is 4.09. The first-order valence-electron chi connectivity index (χ1n) is 5.47. The van der Waals surface area contributed by atoms with Gasteiger partial charge in [0.05, 0.1) is 17.7 Å². The zero-order chi connectivity index (χ0) is 11.8. The van der Waals surface area contributed by atoms with E-state index >= 15 is 0 Å². The van der Waals surface area contributed by atoms with Gasteiger partial charge in [-0.1, -0.05) is 12.1 Å². The van der Waals surface area contributed by atoms with Crippen molar-refractivity contribution in [1.82, 2.24) is 5.32 Å². The van der Waals surface area contributed by atoms with Gasteiger partial charge >= 0.3 is 0 Å². The van der Waals surface area contributed by atoms with E-state index in [9.17, 15) is 4.79 Å². The summed E-state index contributed by atoms with van der Waals surface area (Å²) in [4.78, 5) is 11.8. The zero-order valence-corrected chi connectivity index (χ0v) is 9.14. The van der Waals surface area contributed by atoms with Gasteiger partial charge < -0.3 is 15.5 Å². The maximum Gasteiger partial charge on any atom is 0.253 e. The van der Waals surface area contributed by atoms with Gasteiger partial charge in [-0.2, -0.15) is 0 Å². The Morgan fingerprint density at radius 2 is 2.18 bits per heavy atom. The third-order valence-electron chi connectivity index (χ3n) is 3.08. The summed E-state index contributed by atoms with van der Waals surface area (Å²) in [5, 5.41) is 2.84. The summed E-state index contributed by atoms with van der Waals surface area (Å²) in [5.41, 5.74) is 7.87. The van der Waals surface area contributed by atoms with Crippen LogP contribution in [0.2, 0.25) is 0 Å². The van der Waals surface area contributed by atoms with Crippen LogP contribution in [0.15, 0.2) is 41.0 Å². The predicted octanol–water partition coefficient (Wildman–Crippen LogP) is 1.74. The van der Waals surface area contributed by atoms with Crippen molar-refractivity contribution >= 4 is 11.6 Å². The first-order valence-corrected chi connectivity index (χ1v) is 5.47. The number of hydrogen-bond acceptors (Lipinski definition) is 3. The molecule has 1 amide bonds. The molecule has 1 aliphatic heterocycles. The van der Waals surface area contributed by atoms with Crippen molar-refractivity contribution in [2.45, 2.75) is 5.92 Å². The van der Waals surface area contributed by atoms with Gasteiger partial charge in [-0.15, -0.1) is 0 Å². The number of nitrogens with two attached hydrogens (primary N) is 1. The van der Waals surface area contributed by atoms with E-state index in [1.807, 2.05) is 24.3 Å². The highest BCUT2D eigenvalue weighted by Crippen LogP contribution is 2.32. The van der Waals surface area contributed by atoms with E-state index in [2.05, 4.69) is 5.32 Å². The van der Waals surface area contributed by atoms with Crippen molar-refractivity contribution in [2.75, 3.05) is 12.3 Å². The summed E-state index contributed by atoms with van der Waals surface area (Å²) in [6.07, 6.45) is 1.64. The van der Waals surface area contributed by atoms with Gasteiger partial charge in [0.25, 0.3) is 5.91 Å². The van der Waals surface area contributed by atoms with Gasteiger partial charge in [-0.05, 0) is 23.8 Å². The molecule has 86 valence electrons. The van der Waals surface area contributed by atoms with Crippen molar-refractivity contribution in [3.63, 3.8) is 0 Å². The maximum atomic E-state index is 11.8. The highest BCUT2D eigenvalue weighted by molar-refractivity contribution is 6.02. The first-order chi connectivity index (χ1) is 8.27. The Morgan fingerprint density at radius 1 is 1.29 bits per heavy atom. The number of anilines is 1. The first kappa shape index (κ1) is 9.96. The van der Waals surface area contributed by atoms with Gasteiger partial charge in [0.15, 0.2) is 0 Å². The quantitative estimate of drug-likeness (QED) is 0.730. The summed E-state index contributed by atoms with van der Waals surface area (Å²) in [5.74, 6) is 0.777. The van der Waals surface area contributed by atoms with Crippen molar-refractivity contribution in [3.05, 3.63) is 53.5 Å². The second kappa shape index (κ2) is 3.66. The molecule has 4 heteroatoms. The lowest BCUT2D eigenvalue weighted by molar-refractivity contribution is 0.0942. The molecule has 0 radical (unpaired) electrons. The molecule has 0 fully saturated rings. The molecule has 1 aromatic heterocycles. The van der Waals surface area contributed by atoms with Gasteiger partial charge in [-0.25, -0.2) is 0 Å². The molecule has 3 N–H and O–H groups in total. The van der Waals surface area contributed by atoms with Gasteiger partial charge in [0, 0.05) is 12.2 Å². The van der Waals surface area contributed by atoms with E-state index in [1.54, 1.807) is 12.3 Å². The van der Waals surface area contributed by atoms with Crippen LogP contribution in [0.4, 0.5) is 5.69 Å². The highest BCUT2D eigenvalue weighted by Gasteiger charge is 2.29. The smallest absolute Gasteiger partial charge is 0.253 e. The second-order valence-corrected chi connectivity index (χ2v) is 4.09. The average molecular weight is 228 g/mol. The largest absolute Gasteiger partial charge is 0.469 e. The fourth-order valence-electron chi connectivity index (χ4n) is 2.28. The number of benzene rings is 1. The van der Waals surface area contributed by atoms with Crippen LogP contribution in [0, 0.1) is 0 Å². The summed E-state index contributed by atoms with van der Waals surface area (Å²) < 4.78 is 5.41. The molecule has 1 atom stereocenters. The van der Waals surface area contributed by atoms with Crippen molar-refractivity contribution in [1.29, 1.82) is 0 Å². The Hall–Kier alpha value is -2.23. The van der Waals surface area contributed by atoms with Gasteiger partial charge in [-0.3, -0.25) is 4.79 Å². The van der Waals surface area contributed by atoms with Crippen LogP contribution in [0.3, 0.4) is 0 Å². The van der Waals surface area contributed by atoms with Crippen LogP contribution in [-0.2, 0) is 0 Å². The van der Waals surface area contributed by atoms with E-state index in [-0.39, 0.29) is 11.8 Å². The van der Waals surface area contributed by atoms with Crippen LogP contribution in [0.5, 0.6) is 0 Å². The molecule has 4 nitrogen and oxygen atoms in total. The molecule has 3 rings (SSSR count). The lowest BCUT2D eigenvalue weighted by Gasteiger charge is -2.25. The molecule has 0 saturated carbocycles. The molecule has 0 bridgehead atoms. The molecule has 0 spiro atoms. The molecule has 0 saturated heterocycles. The standard InChI is InChI=1S/C13H12N2O2/c14-10-4-1-3-8-9(11-5-2-6-17-11)7-15-13(16)12(8)10/h1-6,9H,7,14H2,(H,15,16). The van der Waals surface area contributed by atoms with E-state index in [1.165, 1.54) is 0 Å². The normalized spacial score (nSPS) is 18.6. The minimum absolute atomic E-state index is 0.0428. The number of nitrogen functional groups attached to an aromatic ring is 1. The predicted molar refractivity (Wildman–Crippen MR) is 63.7 cm³/mol. The number of nitrogens with one attached hydrogen (secondary N) is 1. The van der Waals surface area contributed by atoms with Gasteiger partial charge in [0.2, 0.25) is 0 Å². The van der Waals surface area contributed by atoms with E-state index in [4.69, 9.17) is 10.2 Å². The molecular weight excluding hydrogens is 216 g/mol. The third kappa shape index (κ3) is 1.49. The monoisotopic (exact) mass is 228 g/mol. The van der Waals surface area contributed by atoms with Crippen LogP contribution < -0.4 is 11.1 Å². The molecule has 1 aliphatic rings. The average Bonchev–Trinajstić information content (AvgIpc) is 2.83. The molecule has 2 heterocycles. The van der Waals surface area contributed by atoms with Crippen molar-refractivity contribution in [3.8, 4) is 0 Å². The fourth-order valence-corrected chi connectivity index (χ4v) is 2.28. The lowest BCUT2D eigenvalue weighted by Crippen LogP contribution is -2.36. The number of amides is 1. The van der Waals surface area contributed by atoms with E-state index in [0.29, 0.717) is 17.8 Å². The van der Waals surface area contributed by atoms with Crippen molar-refractivity contribution < 1.29 is 9.21 Å². The number of carbonyl (C=O) groups is 1. The zero-order valence-electron chi connectivity index (χ0n) is 9.14. The number of hydrogen-bond donors (Lipinski definition) is 2. The van der Waals surface area contributed by atoms with Crippen LogP contribution in [0.25, 0.3) is 0 Å². The summed E-state index contributed by atoms with van der Waals surface area (Å²) >= 11 is 0. The minimum Gasteiger partial charge on any atom is -0.469 e.